The van der Waals surface area contributed by atoms with Gasteiger partial charge in [0.1, 0.15) is 6.61 Å². The normalized spacial score (nSPS) is 13.5. The van der Waals surface area contributed by atoms with Gasteiger partial charge in [-0.15, -0.1) is 0 Å². The Kier molecular flexibility index (Phi) is 69.5. The summed E-state index contributed by atoms with van der Waals surface area (Å²) in [6.07, 6.45) is 98.0. The summed E-state index contributed by atoms with van der Waals surface area (Å²) in [4.78, 5) is 35.4. The highest BCUT2D eigenvalue weighted by molar-refractivity contribution is 7.47. The number of phosphoric acid groups is 1. The Bertz CT molecular complexity index is 1750. The molecule has 504 valence electrons. The van der Waals surface area contributed by atoms with Crippen molar-refractivity contribution >= 4 is 19.8 Å². The standard InChI is InChI=1S/C77H138NO8P/c1-3-5-7-9-11-13-15-17-19-21-23-25-27-29-31-33-35-36-37-38-40-41-43-45-47-49-51-53-55-57-59-61-63-65-67-69-76(79)83-73-75(74-85-87(81,82)84-72-71-78)86-77(80)70-68-66-64-62-60-58-56-54-52-50-48-46-44-42-39-34-32-30-28-26-24-22-20-18-16-14-12-10-8-6-4-2/h6,8,12,14-15,17-18,20-21,23-24,26,30,32,39,42,75H,3-5,7,9-11,13,16,19,22,25,27-29,31,33-38,40-41,43-74,78H2,1-2H3,(H,81,82)/b8-6-,14-12-,17-15-,20-18-,23-21-,26-24-,32-30-,42-39-. The van der Waals surface area contributed by atoms with Crippen LogP contribution >= 0.6 is 7.82 Å². The van der Waals surface area contributed by atoms with E-state index in [2.05, 4.69) is 111 Å². The number of phosphoric ester groups is 1. The Labute approximate surface area is 537 Å². The fourth-order valence-electron chi connectivity index (χ4n) is 10.6. The molecule has 0 aliphatic heterocycles. The van der Waals surface area contributed by atoms with E-state index in [1.165, 1.54) is 231 Å². The summed E-state index contributed by atoms with van der Waals surface area (Å²) in [7, 11) is -4.40. The van der Waals surface area contributed by atoms with Crippen molar-refractivity contribution in [2.24, 2.45) is 5.73 Å². The summed E-state index contributed by atoms with van der Waals surface area (Å²) < 4.78 is 33.2. The van der Waals surface area contributed by atoms with Crippen LogP contribution in [0.15, 0.2) is 97.2 Å². The Hall–Kier alpha value is -3.07. The lowest BCUT2D eigenvalue weighted by Gasteiger charge is -2.19. The van der Waals surface area contributed by atoms with Crippen LogP contribution in [-0.4, -0.2) is 49.3 Å². The van der Waals surface area contributed by atoms with Gasteiger partial charge in [0, 0.05) is 19.4 Å². The van der Waals surface area contributed by atoms with E-state index in [9.17, 15) is 19.0 Å². The molecular formula is C77H138NO8P. The van der Waals surface area contributed by atoms with Crippen LogP contribution in [-0.2, 0) is 32.7 Å². The number of ether oxygens (including phenoxy) is 2. The molecule has 87 heavy (non-hydrogen) atoms. The van der Waals surface area contributed by atoms with Gasteiger partial charge in [-0.3, -0.25) is 18.6 Å². The number of esters is 2. The average Bonchev–Trinajstić information content (AvgIpc) is 3.66. The first kappa shape index (κ1) is 83.9. The van der Waals surface area contributed by atoms with Crippen molar-refractivity contribution in [1.82, 2.24) is 0 Å². The summed E-state index contributed by atoms with van der Waals surface area (Å²) in [5.41, 5.74) is 5.41. The van der Waals surface area contributed by atoms with Crippen molar-refractivity contribution in [2.75, 3.05) is 26.4 Å². The maximum absolute atomic E-state index is 12.8. The third-order valence-corrected chi connectivity index (χ3v) is 16.9. The SMILES string of the molecule is CC/C=C\C/C=C\C/C=C\C/C=C\C/C=C\C/C=C\CCCCCCCCCCCCCCC(=O)OC(COC(=O)CCCCCCCCCCCCCCCCCCCCCCCCC/C=C\C/C=C\CCCCCCC)COP(=O)(O)OCCN. The second-order valence-electron chi connectivity index (χ2n) is 24.4. The lowest BCUT2D eigenvalue weighted by molar-refractivity contribution is -0.161. The molecular weight excluding hydrogens is 1100 g/mol. The first-order valence-corrected chi connectivity index (χ1v) is 38.2. The molecule has 3 N–H and O–H groups in total. The molecule has 0 aromatic carbocycles. The van der Waals surface area contributed by atoms with Crippen LogP contribution < -0.4 is 5.73 Å². The zero-order valence-electron chi connectivity index (χ0n) is 56.7. The molecule has 0 saturated heterocycles. The van der Waals surface area contributed by atoms with E-state index in [0.29, 0.717) is 6.42 Å². The number of hydrogen-bond donors (Lipinski definition) is 2. The molecule has 9 nitrogen and oxygen atoms in total. The van der Waals surface area contributed by atoms with Gasteiger partial charge >= 0.3 is 19.8 Å². The van der Waals surface area contributed by atoms with Gasteiger partial charge in [0.05, 0.1) is 13.2 Å². The van der Waals surface area contributed by atoms with E-state index in [-0.39, 0.29) is 38.6 Å². The molecule has 0 aliphatic rings. The molecule has 0 amide bonds. The lowest BCUT2D eigenvalue weighted by atomic mass is 10.0. The van der Waals surface area contributed by atoms with Gasteiger partial charge in [-0.05, 0) is 96.3 Å². The fraction of sp³-hybridized carbons (Fsp3) is 0.766. The van der Waals surface area contributed by atoms with Gasteiger partial charge in [0.2, 0.25) is 0 Å². The average molecular weight is 1240 g/mol. The van der Waals surface area contributed by atoms with Crippen molar-refractivity contribution in [3.63, 3.8) is 0 Å². The van der Waals surface area contributed by atoms with Crippen molar-refractivity contribution in [3.8, 4) is 0 Å². The predicted molar refractivity (Wildman–Crippen MR) is 376 cm³/mol. The molecule has 0 bridgehead atoms. The highest BCUT2D eigenvalue weighted by Gasteiger charge is 2.26. The van der Waals surface area contributed by atoms with Gasteiger partial charge in [-0.2, -0.15) is 0 Å². The quantitative estimate of drug-likeness (QED) is 0.0264. The van der Waals surface area contributed by atoms with Crippen molar-refractivity contribution < 1.29 is 37.6 Å². The maximum Gasteiger partial charge on any atom is 0.472 e. The Morgan fingerprint density at radius 3 is 0.943 bits per heavy atom. The van der Waals surface area contributed by atoms with E-state index < -0.39 is 26.5 Å². The summed E-state index contributed by atoms with van der Waals surface area (Å²) in [6.45, 7) is 3.66. The van der Waals surface area contributed by atoms with E-state index >= 15 is 0 Å². The Morgan fingerprint density at radius 1 is 0.356 bits per heavy atom. The minimum absolute atomic E-state index is 0.0512. The maximum atomic E-state index is 12.8. The third kappa shape index (κ3) is 71.9. The van der Waals surface area contributed by atoms with Gasteiger partial charge in [-0.25, -0.2) is 4.57 Å². The number of hydrogen-bond acceptors (Lipinski definition) is 8. The second kappa shape index (κ2) is 72.0. The van der Waals surface area contributed by atoms with Crippen LogP contribution in [0.1, 0.15) is 348 Å². The van der Waals surface area contributed by atoms with Gasteiger partial charge < -0.3 is 20.1 Å². The zero-order valence-corrected chi connectivity index (χ0v) is 57.6. The Balaban J connectivity index is 3.84. The minimum atomic E-state index is -4.40. The molecule has 2 atom stereocenters. The molecule has 0 radical (unpaired) electrons. The third-order valence-electron chi connectivity index (χ3n) is 16.0. The number of nitrogens with two attached hydrogens (primary N) is 1. The first-order valence-electron chi connectivity index (χ1n) is 36.7. The minimum Gasteiger partial charge on any atom is -0.462 e. The van der Waals surface area contributed by atoms with Crippen molar-refractivity contribution in [2.45, 2.75) is 354 Å². The fourth-order valence-corrected chi connectivity index (χ4v) is 11.3. The van der Waals surface area contributed by atoms with Crippen LogP contribution in [0.3, 0.4) is 0 Å². The van der Waals surface area contributed by atoms with Crippen LogP contribution in [0.2, 0.25) is 0 Å². The van der Waals surface area contributed by atoms with E-state index in [4.69, 9.17) is 24.3 Å². The molecule has 2 unspecified atom stereocenters. The largest absolute Gasteiger partial charge is 0.472 e. The summed E-state index contributed by atoms with van der Waals surface area (Å²) in [5, 5.41) is 0. The molecule has 10 heteroatoms. The van der Waals surface area contributed by atoms with Crippen LogP contribution in [0.5, 0.6) is 0 Å². The summed E-state index contributed by atoms with van der Waals surface area (Å²) >= 11 is 0. The second-order valence-corrected chi connectivity index (χ2v) is 25.9. The number of allylic oxidation sites excluding steroid dienone is 16. The molecule has 0 aromatic heterocycles. The molecule has 0 spiro atoms. The molecule has 0 saturated carbocycles. The number of carbonyl (C=O) groups excluding carboxylic acids is 2. The van der Waals surface area contributed by atoms with Crippen LogP contribution in [0.4, 0.5) is 0 Å². The number of rotatable bonds is 69. The molecule has 0 fully saturated rings. The number of unbranched alkanes of at least 4 members (excludes halogenated alkanes) is 40. The molecule has 0 rings (SSSR count). The van der Waals surface area contributed by atoms with Gasteiger partial charge in [0.15, 0.2) is 6.10 Å². The Morgan fingerprint density at radius 2 is 0.632 bits per heavy atom. The van der Waals surface area contributed by atoms with Crippen LogP contribution in [0, 0.1) is 0 Å². The van der Waals surface area contributed by atoms with Crippen LogP contribution in [0.25, 0.3) is 0 Å². The van der Waals surface area contributed by atoms with Crippen molar-refractivity contribution in [1.29, 1.82) is 0 Å². The topological polar surface area (TPSA) is 134 Å². The smallest absolute Gasteiger partial charge is 0.462 e. The monoisotopic (exact) mass is 1240 g/mol. The molecule has 0 heterocycles. The zero-order chi connectivity index (χ0) is 63.0. The van der Waals surface area contributed by atoms with Crippen molar-refractivity contribution in [3.05, 3.63) is 97.2 Å². The van der Waals surface area contributed by atoms with Gasteiger partial charge in [-0.1, -0.05) is 336 Å². The molecule has 0 aromatic rings. The number of carbonyl (C=O) groups is 2. The lowest BCUT2D eigenvalue weighted by Crippen LogP contribution is -2.29. The first-order chi connectivity index (χ1) is 42.8. The summed E-state index contributed by atoms with van der Waals surface area (Å²) in [5.74, 6) is -0.818. The predicted octanol–water partition coefficient (Wildman–Crippen LogP) is 24.3. The van der Waals surface area contributed by atoms with Gasteiger partial charge in [0.25, 0.3) is 0 Å². The van der Waals surface area contributed by atoms with E-state index in [1.54, 1.807) is 0 Å². The highest BCUT2D eigenvalue weighted by atomic mass is 31.2. The summed E-state index contributed by atoms with van der Waals surface area (Å²) in [6, 6.07) is 0. The van der Waals surface area contributed by atoms with E-state index in [1.807, 2.05) is 0 Å². The highest BCUT2D eigenvalue weighted by Crippen LogP contribution is 2.43. The van der Waals surface area contributed by atoms with E-state index in [0.717, 1.165) is 83.5 Å². The molecule has 0 aliphatic carbocycles.